The van der Waals surface area contributed by atoms with Crippen LogP contribution in [0.1, 0.15) is 0 Å². The molecule has 204 valence electrons. The summed E-state index contributed by atoms with van der Waals surface area (Å²) in [5, 5.41) is 0. The lowest BCUT2D eigenvalue weighted by Gasteiger charge is -2.32. The Morgan fingerprint density at radius 1 is 0.333 bits per heavy atom. The molecule has 42 heavy (non-hydrogen) atoms. The fourth-order valence-electron chi connectivity index (χ4n) is 5.25. The molecule has 1 aliphatic heterocycles. The van der Waals surface area contributed by atoms with Crippen molar-refractivity contribution in [2.75, 3.05) is 14.7 Å². The number of nitrogens with zero attached hydrogens (tertiary/aromatic N) is 4. The number of rotatable bonds is 3. The maximum Gasteiger partial charge on any atom is 0.140 e. The summed E-state index contributed by atoms with van der Waals surface area (Å²) in [6, 6.07) is 40.4. The lowest BCUT2D eigenvalue weighted by Crippen LogP contribution is -2.18. The number of anilines is 9. The first-order valence-electron chi connectivity index (χ1n) is 13.4. The Balaban J connectivity index is 1.53. The van der Waals surface area contributed by atoms with E-state index in [-0.39, 0.29) is 17.5 Å². The molecule has 2 heterocycles. The van der Waals surface area contributed by atoms with Gasteiger partial charge in [0.25, 0.3) is 0 Å². The van der Waals surface area contributed by atoms with Crippen LogP contribution in [0, 0.1) is 17.5 Å². The average Bonchev–Trinajstić information content (AvgIpc) is 3.01. The average molecular weight is 557 g/mol. The van der Waals surface area contributed by atoms with E-state index in [1.807, 2.05) is 81.4 Å². The van der Waals surface area contributed by atoms with E-state index in [4.69, 9.17) is 4.98 Å². The quantitative estimate of drug-likeness (QED) is 0.216. The second-order valence-electron chi connectivity index (χ2n) is 9.83. The number of benzene rings is 5. The minimum absolute atomic E-state index is 0.329. The Bertz CT molecular complexity index is 1590. The Hall–Kier alpha value is -5.56. The van der Waals surface area contributed by atoms with Crippen molar-refractivity contribution >= 4 is 51.4 Å². The molecule has 0 N–H and O–H groups in total. The van der Waals surface area contributed by atoms with Crippen molar-refractivity contribution in [1.82, 2.24) is 4.98 Å². The number of pyridine rings is 1. The SMILES string of the molecule is Fc1ccc(N2c3cccc(c3)N(c3ccc(F)cc3)c3cccc(n3)N(c3ccc(F)cc3)c3cccc2c3)cc1. The van der Waals surface area contributed by atoms with Crippen molar-refractivity contribution in [3.05, 3.63) is 157 Å². The summed E-state index contributed by atoms with van der Waals surface area (Å²) in [5.74, 6) is 0.200. The van der Waals surface area contributed by atoms with Crippen molar-refractivity contribution in [3.8, 4) is 0 Å². The summed E-state index contributed by atoms with van der Waals surface area (Å²) in [6.45, 7) is 0. The molecule has 0 spiro atoms. The molecule has 0 unspecified atom stereocenters. The molecule has 0 atom stereocenters. The first kappa shape index (κ1) is 25.4. The first-order chi connectivity index (χ1) is 20.5. The molecule has 6 bridgehead atoms. The predicted octanol–water partition coefficient (Wildman–Crippen LogP) is 10.2. The van der Waals surface area contributed by atoms with Gasteiger partial charge in [0.15, 0.2) is 0 Å². The van der Waals surface area contributed by atoms with E-state index >= 15 is 0 Å². The van der Waals surface area contributed by atoms with Crippen molar-refractivity contribution in [3.63, 3.8) is 0 Å². The van der Waals surface area contributed by atoms with Gasteiger partial charge in [0.2, 0.25) is 0 Å². The van der Waals surface area contributed by atoms with Gasteiger partial charge >= 0.3 is 0 Å². The van der Waals surface area contributed by atoms with E-state index in [1.165, 1.54) is 36.4 Å². The number of fused-ring (bicyclic) bond motifs is 6. The molecule has 0 fully saturated rings. The Morgan fingerprint density at radius 2 is 0.643 bits per heavy atom. The van der Waals surface area contributed by atoms with Gasteiger partial charge in [-0.15, -0.1) is 0 Å². The van der Waals surface area contributed by atoms with E-state index in [9.17, 15) is 13.2 Å². The molecule has 5 aromatic carbocycles. The van der Waals surface area contributed by atoms with Crippen LogP contribution in [0.4, 0.5) is 64.6 Å². The van der Waals surface area contributed by atoms with E-state index in [1.54, 1.807) is 36.4 Å². The number of aromatic nitrogens is 1. The van der Waals surface area contributed by atoms with Gasteiger partial charge in [-0.2, -0.15) is 0 Å². The largest absolute Gasteiger partial charge is 0.310 e. The molecule has 7 rings (SSSR count). The van der Waals surface area contributed by atoms with Crippen LogP contribution < -0.4 is 14.7 Å². The second kappa shape index (κ2) is 10.4. The van der Waals surface area contributed by atoms with Crippen LogP contribution in [0.15, 0.2) is 140 Å². The van der Waals surface area contributed by atoms with Gasteiger partial charge in [0.05, 0.1) is 0 Å². The third-order valence-corrected chi connectivity index (χ3v) is 7.12. The monoisotopic (exact) mass is 556 g/mol. The smallest absolute Gasteiger partial charge is 0.140 e. The van der Waals surface area contributed by atoms with Crippen molar-refractivity contribution < 1.29 is 13.2 Å². The second-order valence-corrected chi connectivity index (χ2v) is 9.83. The number of hydrogen-bond donors (Lipinski definition) is 0. The van der Waals surface area contributed by atoms with Crippen LogP contribution in [-0.4, -0.2) is 4.98 Å². The molecule has 0 saturated carbocycles. The summed E-state index contributed by atoms with van der Waals surface area (Å²) in [7, 11) is 0. The third kappa shape index (κ3) is 4.71. The van der Waals surface area contributed by atoms with Crippen LogP contribution in [-0.2, 0) is 0 Å². The van der Waals surface area contributed by atoms with Crippen molar-refractivity contribution in [2.24, 2.45) is 0 Å². The highest BCUT2D eigenvalue weighted by Gasteiger charge is 2.23. The molecule has 0 saturated heterocycles. The molecule has 0 radical (unpaired) electrons. The van der Waals surface area contributed by atoms with Gasteiger partial charge < -0.3 is 4.90 Å². The Kier molecular flexibility index (Phi) is 6.32. The number of hydrogen-bond acceptors (Lipinski definition) is 4. The normalized spacial score (nSPS) is 12.5. The molecule has 0 aliphatic carbocycles. The summed E-state index contributed by atoms with van der Waals surface area (Å²) in [5.41, 5.74) is 5.44. The van der Waals surface area contributed by atoms with Gasteiger partial charge in [-0.25, -0.2) is 18.2 Å². The first-order valence-corrected chi connectivity index (χ1v) is 13.4. The zero-order valence-electron chi connectivity index (χ0n) is 22.2. The molecule has 1 aromatic heterocycles. The van der Waals surface area contributed by atoms with E-state index in [2.05, 4.69) is 0 Å². The van der Waals surface area contributed by atoms with Crippen molar-refractivity contribution in [1.29, 1.82) is 0 Å². The highest BCUT2D eigenvalue weighted by atomic mass is 19.1. The summed E-state index contributed by atoms with van der Waals surface area (Å²) in [4.78, 5) is 11.0. The molecular weight excluding hydrogens is 533 g/mol. The highest BCUT2D eigenvalue weighted by molar-refractivity contribution is 5.86. The lowest BCUT2D eigenvalue weighted by atomic mass is 10.1. The highest BCUT2D eigenvalue weighted by Crippen LogP contribution is 2.44. The van der Waals surface area contributed by atoms with Crippen LogP contribution in [0.5, 0.6) is 0 Å². The summed E-state index contributed by atoms with van der Waals surface area (Å²) < 4.78 is 42.0. The van der Waals surface area contributed by atoms with E-state index in [0.717, 1.165) is 39.8 Å². The van der Waals surface area contributed by atoms with E-state index in [0.29, 0.717) is 11.6 Å². The fraction of sp³-hybridized carbons (Fsp3) is 0. The predicted molar refractivity (Wildman–Crippen MR) is 162 cm³/mol. The van der Waals surface area contributed by atoms with Gasteiger partial charge in [-0.1, -0.05) is 18.2 Å². The fourth-order valence-corrected chi connectivity index (χ4v) is 5.25. The molecule has 0 amide bonds. The van der Waals surface area contributed by atoms with Crippen LogP contribution >= 0.6 is 0 Å². The van der Waals surface area contributed by atoms with Crippen LogP contribution in [0.3, 0.4) is 0 Å². The molecular formula is C35H23F3N4. The maximum atomic E-state index is 14.0. The molecule has 7 heteroatoms. The maximum absolute atomic E-state index is 14.0. The van der Waals surface area contributed by atoms with Gasteiger partial charge in [-0.05, 0) is 121 Å². The zero-order chi connectivity index (χ0) is 28.6. The van der Waals surface area contributed by atoms with Crippen LogP contribution in [0.25, 0.3) is 0 Å². The van der Waals surface area contributed by atoms with Gasteiger partial charge in [0, 0.05) is 39.8 Å². The van der Waals surface area contributed by atoms with Gasteiger partial charge in [-0.3, -0.25) is 9.80 Å². The summed E-state index contributed by atoms with van der Waals surface area (Å²) >= 11 is 0. The standard InChI is InChI=1S/C35H23F3N4/c36-24-10-16-27(17-11-24)40-30-4-1-6-32(22-30)41(28-18-12-25(37)13-19-28)34-8-3-9-35(39-34)42(29-20-14-26(38)15-21-29)33-7-2-5-31(40)23-33/h1-23H. The van der Waals surface area contributed by atoms with Crippen LogP contribution in [0.2, 0.25) is 0 Å². The molecule has 6 aromatic rings. The van der Waals surface area contributed by atoms with E-state index < -0.39 is 0 Å². The van der Waals surface area contributed by atoms with Gasteiger partial charge in [0.1, 0.15) is 29.1 Å². The molecule has 1 aliphatic rings. The minimum atomic E-state index is -0.341. The lowest BCUT2D eigenvalue weighted by molar-refractivity contribution is 0.627. The topological polar surface area (TPSA) is 22.6 Å². The Morgan fingerprint density at radius 3 is 1.02 bits per heavy atom. The molecule has 4 nitrogen and oxygen atoms in total. The Labute approximate surface area is 241 Å². The zero-order valence-corrected chi connectivity index (χ0v) is 22.2. The minimum Gasteiger partial charge on any atom is -0.310 e. The number of halogens is 3. The third-order valence-electron chi connectivity index (χ3n) is 7.12. The van der Waals surface area contributed by atoms with Crippen molar-refractivity contribution in [2.45, 2.75) is 0 Å². The summed E-state index contributed by atoms with van der Waals surface area (Å²) in [6.07, 6.45) is 0.